The minimum atomic E-state index is -0.0471. The quantitative estimate of drug-likeness (QED) is 0.855. The number of hydrogen-bond acceptors (Lipinski definition) is 6. The van der Waals surface area contributed by atoms with Gasteiger partial charge in [-0.1, -0.05) is 12.1 Å². The summed E-state index contributed by atoms with van der Waals surface area (Å²) < 4.78 is 10.6. The van der Waals surface area contributed by atoms with Gasteiger partial charge in [-0.2, -0.15) is 4.98 Å². The molecule has 0 saturated carbocycles. The van der Waals surface area contributed by atoms with Crippen molar-refractivity contribution in [3.63, 3.8) is 0 Å². The molecule has 7 nitrogen and oxygen atoms in total. The van der Waals surface area contributed by atoms with Gasteiger partial charge in [0.25, 0.3) is 0 Å². The first kappa shape index (κ1) is 18.2. The Kier molecular flexibility index (Phi) is 5.75. The molecular weight excluding hydrogens is 332 g/mol. The van der Waals surface area contributed by atoms with E-state index in [9.17, 15) is 4.79 Å². The van der Waals surface area contributed by atoms with Gasteiger partial charge in [0, 0.05) is 24.7 Å². The molecule has 1 aromatic carbocycles. The highest BCUT2D eigenvalue weighted by atomic mass is 16.5. The second kappa shape index (κ2) is 8.21. The number of methoxy groups -OCH3 is 1. The van der Waals surface area contributed by atoms with Crippen molar-refractivity contribution >= 4 is 11.9 Å². The molecular formula is C19H26N4O3. The van der Waals surface area contributed by atoms with Crippen LogP contribution in [0.1, 0.15) is 33.1 Å². The SMILES string of the molecule is CC[C@H](C)NC(=O)[C@H]1CCCN(c2nc(-c3ccc(OC)cc3)no2)C1. The third kappa shape index (κ3) is 4.15. The number of carbonyl (C=O) groups excluding carboxylic acids is 1. The molecule has 2 aromatic rings. The highest BCUT2D eigenvalue weighted by Crippen LogP contribution is 2.26. The standard InChI is InChI=1S/C19H26N4O3/c1-4-13(2)20-18(24)15-6-5-11-23(12-15)19-21-17(22-26-19)14-7-9-16(25-3)10-8-14/h7-10,13,15H,4-6,11-12H2,1-3H3,(H,20,24)/t13-,15-/m0/s1. The zero-order valence-electron chi connectivity index (χ0n) is 15.6. The molecule has 2 heterocycles. The summed E-state index contributed by atoms with van der Waals surface area (Å²) in [6.45, 7) is 5.51. The monoisotopic (exact) mass is 358 g/mol. The van der Waals surface area contributed by atoms with Crippen molar-refractivity contribution in [1.82, 2.24) is 15.5 Å². The van der Waals surface area contributed by atoms with Gasteiger partial charge in [-0.05, 0) is 50.5 Å². The fourth-order valence-electron chi connectivity index (χ4n) is 3.03. The van der Waals surface area contributed by atoms with E-state index >= 15 is 0 Å². The summed E-state index contributed by atoms with van der Waals surface area (Å²) in [6, 6.07) is 8.18. The van der Waals surface area contributed by atoms with E-state index in [0.29, 0.717) is 18.4 Å². The summed E-state index contributed by atoms with van der Waals surface area (Å²) in [5, 5.41) is 7.15. The lowest BCUT2D eigenvalue weighted by molar-refractivity contribution is -0.125. The van der Waals surface area contributed by atoms with Gasteiger partial charge in [0.2, 0.25) is 11.7 Å². The van der Waals surface area contributed by atoms with Crippen molar-refractivity contribution in [3.05, 3.63) is 24.3 Å². The Hall–Kier alpha value is -2.57. The molecule has 0 bridgehead atoms. The number of rotatable bonds is 6. The van der Waals surface area contributed by atoms with Crippen molar-refractivity contribution in [2.45, 2.75) is 39.2 Å². The van der Waals surface area contributed by atoms with Crippen LogP contribution >= 0.6 is 0 Å². The van der Waals surface area contributed by atoms with E-state index in [1.54, 1.807) is 7.11 Å². The fraction of sp³-hybridized carbons (Fsp3) is 0.526. The predicted molar refractivity (Wildman–Crippen MR) is 99.1 cm³/mol. The molecule has 7 heteroatoms. The van der Waals surface area contributed by atoms with Gasteiger partial charge >= 0.3 is 6.01 Å². The molecule has 2 atom stereocenters. The van der Waals surface area contributed by atoms with E-state index < -0.39 is 0 Å². The van der Waals surface area contributed by atoms with E-state index in [4.69, 9.17) is 9.26 Å². The predicted octanol–water partition coefficient (Wildman–Crippen LogP) is 2.88. The summed E-state index contributed by atoms with van der Waals surface area (Å²) in [4.78, 5) is 18.9. The van der Waals surface area contributed by atoms with Gasteiger partial charge in [-0.15, -0.1) is 0 Å². The number of nitrogens with one attached hydrogen (secondary N) is 1. The first-order valence-electron chi connectivity index (χ1n) is 9.14. The van der Waals surface area contributed by atoms with Crippen LogP contribution in [0.4, 0.5) is 6.01 Å². The second-order valence-corrected chi connectivity index (χ2v) is 6.73. The first-order chi connectivity index (χ1) is 12.6. The number of amides is 1. The molecule has 1 amide bonds. The Bertz CT molecular complexity index is 729. The van der Waals surface area contributed by atoms with Crippen LogP contribution in [0.3, 0.4) is 0 Å². The molecule has 1 aliphatic heterocycles. The van der Waals surface area contributed by atoms with E-state index in [1.165, 1.54) is 0 Å². The van der Waals surface area contributed by atoms with Crippen LogP contribution < -0.4 is 15.0 Å². The van der Waals surface area contributed by atoms with Gasteiger partial charge in [0.15, 0.2) is 0 Å². The number of ether oxygens (including phenoxy) is 1. The topological polar surface area (TPSA) is 80.5 Å². The summed E-state index contributed by atoms with van der Waals surface area (Å²) >= 11 is 0. The second-order valence-electron chi connectivity index (χ2n) is 6.73. The zero-order valence-corrected chi connectivity index (χ0v) is 15.6. The molecule has 1 saturated heterocycles. The molecule has 26 heavy (non-hydrogen) atoms. The largest absolute Gasteiger partial charge is 0.497 e. The zero-order chi connectivity index (χ0) is 18.5. The number of benzene rings is 1. The third-order valence-electron chi connectivity index (χ3n) is 4.83. The maximum absolute atomic E-state index is 12.4. The Balaban J connectivity index is 1.67. The van der Waals surface area contributed by atoms with Crippen molar-refractivity contribution in [3.8, 4) is 17.1 Å². The summed E-state index contributed by atoms with van der Waals surface area (Å²) in [7, 11) is 1.63. The number of carbonyl (C=O) groups is 1. The Morgan fingerprint density at radius 3 is 2.88 bits per heavy atom. The van der Waals surface area contributed by atoms with Gasteiger partial charge in [0.1, 0.15) is 5.75 Å². The molecule has 1 aromatic heterocycles. The summed E-state index contributed by atoms with van der Waals surface area (Å²) in [5.41, 5.74) is 0.865. The number of hydrogen-bond donors (Lipinski definition) is 1. The average molecular weight is 358 g/mol. The van der Waals surface area contributed by atoms with E-state index in [-0.39, 0.29) is 17.9 Å². The van der Waals surface area contributed by atoms with Crippen LogP contribution in [0.15, 0.2) is 28.8 Å². The molecule has 140 valence electrons. The average Bonchev–Trinajstić information content (AvgIpc) is 3.18. The lowest BCUT2D eigenvalue weighted by Crippen LogP contribution is -2.45. The number of anilines is 1. The maximum atomic E-state index is 12.4. The first-order valence-corrected chi connectivity index (χ1v) is 9.14. The van der Waals surface area contributed by atoms with Crippen LogP contribution in [0, 0.1) is 5.92 Å². The smallest absolute Gasteiger partial charge is 0.324 e. The third-order valence-corrected chi connectivity index (χ3v) is 4.83. The fourth-order valence-corrected chi connectivity index (χ4v) is 3.03. The van der Waals surface area contributed by atoms with Crippen molar-refractivity contribution in [2.75, 3.05) is 25.1 Å². The lowest BCUT2D eigenvalue weighted by atomic mass is 9.97. The van der Waals surface area contributed by atoms with E-state index in [1.807, 2.05) is 36.1 Å². The lowest BCUT2D eigenvalue weighted by Gasteiger charge is -2.31. The van der Waals surface area contributed by atoms with Gasteiger partial charge in [-0.25, -0.2) is 0 Å². The molecule has 0 radical (unpaired) electrons. The normalized spacial score (nSPS) is 18.4. The highest BCUT2D eigenvalue weighted by molar-refractivity contribution is 5.79. The molecule has 3 rings (SSSR count). The van der Waals surface area contributed by atoms with Crippen LogP contribution in [0.5, 0.6) is 5.75 Å². The van der Waals surface area contributed by atoms with Gasteiger partial charge in [0.05, 0.1) is 13.0 Å². The Morgan fingerprint density at radius 2 is 2.19 bits per heavy atom. The Labute approximate surface area is 153 Å². The van der Waals surface area contributed by atoms with Crippen molar-refractivity contribution in [1.29, 1.82) is 0 Å². The minimum Gasteiger partial charge on any atom is -0.497 e. The Morgan fingerprint density at radius 1 is 1.42 bits per heavy atom. The van der Waals surface area contributed by atoms with Crippen molar-refractivity contribution in [2.24, 2.45) is 5.92 Å². The number of piperidine rings is 1. The molecule has 1 aliphatic rings. The van der Waals surface area contributed by atoms with Crippen molar-refractivity contribution < 1.29 is 14.1 Å². The molecule has 1 N–H and O–H groups in total. The summed E-state index contributed by atoms with van der Waals surface area (Å²) in [6.07, 6.45) is 2.74. The van der Waals surface area contributed by atoms with Gasteiger partial charge in [-0.3, -0.25) is 4.79 Å². The molecule has 0 aliphatic carbocycles. The summed E-state index contributed by atoms with van der Waals surface area (Å²) in [5.74, 6) is 1.38. The number of nitrogens with zero attached hydrogens (tertiary/aromatic N) is 3. The van der Waals surface area contributed by atoms with Gasteiger partial charge < -0.3 is 19.5 Å². The van der Waals surface area contributed by atoms with E-state index in [0.717, 1.165) is 37.1 Å². The van der Waals surface area contributed by atoms with Crippen LogP contribution in [-0.2, 0) is 4.79 Å². The van der Waals surface area contributed by atoms with Crippen LogP contribution in [-0.4, -0.2) is 42.3 Å². The highest BCUT2D eigenvalue weighted by Gasteiger charge is 2.29. The number of aromatic nitrogens is 2. The molecule has 1 fully saturated rings. The molecule has 0 spiro atoms. The maximum Gasteiger partial charge on any atom is 0.324 e. The van der Waals surface area contributed by atoms with Crippen LogP contribution in [0.25, 0.3) is 11.4 Å². The molecule has 0 unspecified atom stereocenters. The van der Waals surface area contributed by atoms with E-state index in [2.05, 4.69) is 22.4 Å². The van der Waals surface area contributed by atoms with Crippen LogP contribution in [0.2, 0.25) is 0 Å². The minimum absolute atomic E-state index is 0.0471.